The Morgan fingerprint density at radius 1 is 0.920 bits per heavy atom. The summed E-state index contributed by atoms with van der Waals surface area (Å²) >= 11 is 0. The van der Waals surface area contributed by atoms with E-state index >= 15 is 0 Å². The van der Waals surface area contributed by atoms with Crippen LogP contribution < -0.4 is 4.74 Å². The van der Waals surface area contributed by atoms with Crippen LogP contribution in [0.4, 0.5) is 0 Å². The van der Waals surface area contributed by atoms with Crippen LogP contribution in [0.1, 0.15) is 57.4 Å². The number of carbonyl (C=O) groups excluding carboxylic acids is 1. The molecule has 1 aliphatic carbocycles. The topological polar surface area (TPSA) is 26.3 Å². The van der Waals surface area contributed by atoms with Crippen molar-refractivity contribution in [3.63, 3.8) is 0 Å². The van der Waals surface area contributed by atoms with Crippen LogP contribution in [-0.4, -0.2) is 12.4 Å². The number of ketones is 1. The number of hydrogen-bond acceptors (Lipinski definition) is 2. The molecule has 0 bridgehead atoms. The Bertz CT molecular complexity index is 685. The van der Waals surface area contributed by atoms with Crippen LogP contribution in [0.15, 0.2) is 48.5 Å². The minimum Gasteiger partial charge on any atom is -0.494 e. The number of Topliss-reactive ketones (excluding diaryl/α,β-unsaturated/α-hetero) is 1. The van der Waals surface area contributed by atoms with E-state index in [2.05, 4.69) is 43.3 Å². The van der Waals surface area contributed by atoms with Crippen LogP contribution in [0.2, 0.25) is 0 Å². The first-order valence-corrected chi connectivity index (χ1v) is 9.57. The lowest BCUT2D eigenvalue weighted by molar-refractivity contribution is -0.123. The third-order valence-electron chi connectivity index (χ3n) is 5.25. The van der Waals surface area contributed by atoms with Gasteiger partial charge in [-0.1, -0.05) is 56.2 Å². The van der Waals surface area contributed by atoms with Gasteiger partial charge in [-0.25, -0.2) is 0 Å². The second-order valence-corrected chi connectivity index (χ2v) is 7.03. The van der Waals surface area contributed by atoms with Gasteiger partial charge in [0, 0.05) is 12.3 Å². The summed E-state index contributed by atoms with van der Waals surface area (Å²) in [6.45, 7) is 4.88. The molecule has 2 atom stereocenters. The number of carbonyl (C=O) groups is 1. The average Bonchev–Trinajstić information content (AvgIpc) is 2.63. The van der Waals surface area contributed by atoms with Crippen LogP contribution in [-0.2, 0) is 4.79 Å². The second kappa shape index (κ2) is 8.33. The lowest BCUT2D eigenvalue weighted by Crippen LogP contribution is -2.23. The van der Waals surface area contributed by atoms with E-state index in [-0.39, 0.29) is 5.92 Å². The van der Waals surface area contributed by atoms with Gasteiger partial charge < -0.3 is 4.74 Å². The fourth-order valence-corrected chi connectivity index (χ4v) is 3.92. The Morgan fingerprint density at radius 3 is 2.12 bits per heavy atom. The van der Waals surface area contributed by atoms with Gasteiger partial charge in [0.1, 0.15) is 11.5 Å². The quantitative estimate of drug-likeness (QED) is 0.646. The molecule has 1 aliphatic rings. The molecule has 0 radical (unpaired) electrons. The van der Waals surface area contributed by atoms with Crippen LogP contribution in [0.3, 0.4) is 0 Å². The highest BCUT2D eigenvalue weighted by Crippen LogP contribution is 2.35. The Labute approximate surface area is 151 Å². The molecule has 2 aromatic carbocycles. The van der Waals surface area contributed by atoms with Crippen molar-refractivity contribution in [2.45, 2.75) is 51.9 Å². The van der Waals surface area contributed by atoms with Crippen LogP contribution in [0.5, 0.6) is 5.75 Å². The van der Waals surface area contributed by atoms with Crippen molar-refractivity contribution in [1.29, 1.82) is 0 Å². The van der Waals surface area contributed by atoms with Gasteiger partial charge in [0.05, 0.1) is 6.61 Å². The smallest absolute Gasteiger partial charge is 0.140 e. The van der Waals surface area contributed by atoms with Crippen molar-refractivity contribution in [1.82, 2.24) is 0 Å². The van der Waals surface area contributed by atoms with Gasteiger partial charge in [0.15, 0.2) is 0 Å². The highest BCUT2D eigenvalue weighted by Gasteiger charge is 2.29. The molecule has 2 heteroatoms. The molecule has 1 saturated carbocycles. The fraction of sp³-hybridized carbons (Fsp3) is 0.435. The Balaban J connectivity index is 1.69. The predicted molar refractivity (Wildman–Crippen MR) is 103 cm³/mol. The zero-order valence-electron chi connectivity index (χ0n) is 15.3. The lowest BCUT2D eigenvalue weighted by atomic mass is 9.76. The molecule has 0 saturated heterocycles. The van der Waals surface area contributed by atoms with Gasteiger partial charge in [-0.05, 0) is 54.5 Å². The summed E-state index contributed by atoms with van der Waals surface area (Å²) in [4.78, 5) is 12.5. The van der Waals surface area contributed by atoms with Crippen molar-refractivity contribution in [3.05, 3.63) is 54.1 Å². The van der Waals surface area contributed by atoms with E-state index in [1.807, 2.05) is 19.1 Å². The molecule has 0 N–H and O–H groups in total. The van der Waals surface area contributed by atoms with Gasteiger partial charge in [-0.15, -0.1) is 0 Å². The second-order valence-electron chi connectivity index (χ2n) is 7.03. The molecule has 2 aromatic rings. The van der Waals surface area contributed by atoms with E-state index in [9.17, 15) is 4.79 Å². The first-order valence-electron chi connectivity index (χ1n) is 9.57. The zero-order chi connectivity index (χ0) is 17.6. The van der Waals surface area contributed by atoms with E-state index in [1.54, 1.807) is 0 Å². The molecular weight excluding hydrogens is 308 g/mol. The molecule has 2 nitrogen and oxygen atoms in total. The third-order valence-corrected chi connectivity index (χ3v) is 5.25. The van der Waals surface area contributed by atoms with Crippen molar-refractivity contribution in [2.75, 3.05) is 6.61 Å². The largest absolute Gasteiger partial charge is 0.494 e. The number of rotatable bonds is 6. The van der Waals surface area contributed by atoms with E-state index in [1.165, 1.54) is 36.0 Å². The molecule has 0 amide bonds. The molecule has 25 heavy (non-hydrogen) atoms. The van der Waals surface area contributed by atoms with Crippen LogP contribution >= 0.6 is 0 Å². The Kier molecular flexibility index (Phi) is 5.91. The molecule has 0 aliphatic heterocycles. The standard InChI is InChI=1S/C23H28O2/c1-3-5-17-6-15-22(23(24)16-17)20-9-7-18(8-10-20)19-11-13-21(14-12-19)25-4-2/h7-14,17,22H,3-6,15-16H2,1-2H3. The summed E-state index contributed by atoms with van der Waals surface area (Å²) in [7, 11) is 0. The molecular formula is C23H28O2. The Morgan fingerprint density at radius 2 is 1.56 bits per heavy atom. The van der Waals surface area contributed by atoms with Gasteiger partial charge in [0.25, 0.3) is 0 Å². The van der Waals surface area contributed by atoms with Gasteiger partial charge in [0.2, 0.25) is 0 Å². The van der Waals surface area contributed by atoms with E-state index in [0.717, 1.165) is 18.6 Å². The summed E-state index contributed by atoms with van der Waals surface area (Å²) < 4.78 is 5.50. The molecule has 2 unspecified atom stereocenters. The summed E-state index contributed by atoms with van der Waals surface area (Å²) in [6, 6.07) is 16.7. The van der Waals surface area contributed by atoms with Gasteiger partial charge in [-0.2, -0.15) is 0 Å². The number of ether oxygens (including phenoxy) is 1. The summed E-state index contributed by atoms with van der Waals surface area (Å²) in [5.74, 6) is 2.04. The highest BCUT2D eigenvalue weighted by molar-refractivity contribution is 5.86. The van der Waals surface area contributed by atoms with Crippen molar-refractivity contribution in [2.24, 2.45) is 5.92 Å². The number of benzene rings is 2. The van der Waals surface area contributed by atoms with Crippen LogP contribution in [0.25, 0.3) is 11.1 Å². The molecule has 132 valence electrons. The molecule has 1 fully saturated rings. The highest BCUT2D eigenvalue weighted by atomic mass is 16.5. The summed E-state index contributed by atoms with van der Waals surface area (Å²) in [6.07, 6.45) is 5.32. The molecule has 3 rings (SSSR count). The van der Waals surface area contributed by atoms with E-state index in [4.69, 9.17) is 4.74 Å². The summed E-state index contributed by atoms with van der Waals surface area (Å²) in [5, 5.41) is 0. The minimum absolute atomic E-state index is 0.0995. The third kappa shape index (κ3) is 4.31. The maximum atomic E-state index is 12.5. The SMILES string of the molecule is CCCC1CCC(c2ccc(-c3ccc(OCC)cc3)cc2)C(=O)C1. The monoisotopic (exact) mass is 336 g/mol. The molecule has 0 heterocycles. The maximum Gasteiger partial charge on any atom is 0.140 e. The summed E-state index contributed by atoms with van der Waals surface area (Å²) in [5.41, 5.74) is 3.53. The van der Waals surface area contributed by atoms with E-state index in [0.29, 0.717) is 18.3 Å². The van der Waals surface area contributed by atoms with Crippen LogP contribution in [0, 0.1) is 5.92 Å². The molecule has 0 aromatic heterocycles. The maximum absolute atomic E-state index is 12.5. The van der Waals surface area contributed by atoms with Crippen molar-refractivity contribution < 1.29 is 9.53 Å². The average molecular weight is 336 g/mol. The fourth-order valence-electron chi connectivity index (χ4n) is 3.92. The first kappa shape index (κ1) is 17.7. The lowest BCUT2D eigenvalue weighted by Gasteiger charge is -2.27. The normalized spacial score (nSPS) is 20.5. The first-order chi connectivity index (χ1) is 12.2. The van der Waals surface area contributed by atoms with Crippen molar-refractivity contribution >= 4 is 5.78 Å². The van der Waals surface area contributed by atoms with Gasteiger partial charge in [-0.3, -0.25) is 4.79 Å². The zero-order valence-corrected chi connectivity index (χ0v) is 15.3. The minimum atomic E-state index is 0.0995. The van der Waals surface area contributed by atoms with E-state index < -0.39 is 0 Å². The Hall–Kier alpha value is -2.09. The molecule has 0 spiro atoms. The van der Waals surface area contributed by atoms with Crippen molar-refractivity contribution in [3.8, 4) is 16.9 Å². The predicted octanol–water partition coefficient (Wildman–Crippen LogP) is 6.01. The van der Waals surface area contributed by atoms with Gasteiger partial charge >= 0.3 is 0 Å². The number of hydrogen-bond donors (Lipinski definition) is 0.